The zero-order valence-corrected chi connectivity index (χ0v) is 11.6. The highest BCUT2D eigenvalue weighted by atomic mass is 127. The van der Waals surface area contributed by atoms with Crippen molar-refractivity contribution < 1.29 is 9.13 Å². The normalized spacial score (nSPS) is 10.2. The third kappa shape index (κ3) is 2.45. The number of nitrogens with two attached hydrogens (primary N) is 1. The molecule has 0 aliphatic carbocycles. The van der Waals surface area contributed by atoms with Gasteiger partial charge in [0.25, 0.3) is 0 Å². The molecule has 0 radical (unpaired) electrons. The minimum absolute atomic E-state index is 0.277. The molecule has 0 amide bonds. The van der Waals surface area contributed by atoms with Crippen molar-refractivity contribution in [1.29, 1.82) is 0 Å². The first-order valence-corrected chi connectivity index (χ1v) is 6.07. The second-order valence-electron chi connectivity index (χ2n) is 3.37. The molecule has 0 bridgehead atoms. The van der Waals surface area contributed by atoms with E-state index in [9.17, 15) is 4.39 Å². The largest absolute Gasteiger partial charge is 0.479 e. The molecule has 0 aliphatic heterocycles. The molecule has 0 unspecified atom stereocenters. The van der Waals surface area contributed by atoms with Crippen LogP contribution in [0.4, 0.5) is 21.6 Å². The van der Waals surface area contributed by atoms with Crippen LogP contribution in [0.3, 0.4) is 0 Å². The Morgan fingerprint density at radius 3 is 2.89 bits per heavy atom. The number of halogens is 2. The molecule has 0 saturated carbocycles. The number of ether oxygens (including phenoxy) is 1. The van der Waals surface area contributed by atoms with Crippen molar-refractivity contribution in [2.45, 2.75) is 0 Å². The number of benzene rings is 1. The molecular weight excluding hydrogens is 350 g/mol. The lowest BCUT2D eigenvalue weighted by Crippen LogP contribution is -2.04. The monoisotopic (exact) mass is 360 g/mol. The molecule has 0 atom stereocenters. The quantitative estimate of drug-likeness (QED) is 0.824. The van der Waals surface area contributed by atoms with Gasteiger partial charge >= 0.3 is 0 Å². The molecule has 7 heteroatoms. The second kappa shape index (κ2) is 5.34. The van der Waals surface area contributed by atoms with Gasteiger partial charge in [0.1, 0.15) is 17.8 Å². The summed E-state index contributed by atoms with van der Waals surface area (Å²) in [5.41, 5.74) is 6.69. The van der Waals surface area contributed by atoms with Crippen LogP contribution in [-0.2, 0) is 0 Å². The van der Waals surface area contributed by atoms with Gasteiger partial charge in [-0.3, -0.25) is 0 Å². The van der Waals surface area contributed by atoms with Crippen LogP contribution in [0, 0.1) is 9.39 Å². The number of rotatable bonds is 3. The third-order valence-electron chi connectivity index (χ3n) is 2.25. The standard InChI is InChI=1S/C11H10FIN4O/c1-18-11-9(14)10(15-5-16-11)17-7-4-2-3-6(12)8(7)13/h2-5H,14H2,1H3,(H,15,16,17). The zero-order chi connectivity index (χ0) is 13.1. The van der Waals surface area contributed by atoms with Crippen molar-refractivity contribution in [2.75, 3.05) is 18.2 Å². The number of nitrogens with zero attached hydrogens (tertiary/aromatic N) is 2. The number of methoxy groups -OCH3 is 1. The highest BCUT2D eigenvalue weighted by Gasteiger charge is 2.11. The molecule has 2 aromatic rings. The molecule has 1 aromatic heterocycles. The van der Waals surface area contributed by atoms with Gasteiger partial charge in [-0.1, -0.05) is 6.07 Å². The molecule has 0 spiro atoms. The van der Waals surface area contributed by atoms with Gasteiger partial charge < -0.3 is 15.8 Å². The molecule has 94 valence electrons. The van der Waals surface area contributed by atoms with Gasteiger partial charge in [-0.2, -0.15) is 4.98 Å². The van der Waals surface area contributed by atoms with Gasteiger partial charge in [0.15, 0.2) is 5.82 Å². The lowest BCUT2D eigenvalue weighted by molar-refractivity contribution is 0.399. The van der Waals surface area contributed by atoms with Crippen molar-refractivity contribution >= 4 is 39.8 Å². The van der Waals surface area contributed by atoms with Gasteiger partial charge in [-0.15, -0.1) is 0 Å². The predicted octanol–water partition coefficient (Wildman–Crippen LogP) is 2.55. The average molecular weight is 360 g/mol. The van der Waals surface area contributed by atoms with Crippen molar-refractivity contribution in [3.63, 3.8) is 0 Å². The van der Waals surface area contributed by atoms with Crippen LogP contribution in [0.5, 0.6) is 5.88 Å². The molecule has 5 nitrogen and oxygen atoms in total. The zero-order valence-electron chi connectivity index (χ0n) is 9.45. The summed E-state index contributed by atoms with van der Waals surface area (Å²) >= 11 is 1.91. The van der Waals surface area contributed by atoms with E-state index in [-0.39, 0.29) is 17.4 Å². The predicted molar refractivity (Wildman–Crippen MR) is 75.4 cm³/mol. The van der Waals surface area contributed by atoms with E-state index in [1.54, 1.807) is 12.1 Å². The van der Waals surface area contributed by atoms with E-state index in [1.165, 1.54) is 19.5 Å². The van der Waals surface area contributed by atoms with E-state index < -0.39 is 0 Å². The SMILES string of the molecule is COc1ncnc(Nc2cccc(F)c2I)c1N. The summed E-state index contributed by atoms with van der Waals surface area (Å²) in [5.74, 6) is 0.351. The molecule has 1 heterocycles. The van der Waals surface area contributed by atoms with E-state index in [1.807, 2.05) is 22.6 Å². The molecular formula is C11H10FIN4O. The maximum atomic E-state index is 13.4. The number of hydrogen-bond donors (Lipinski definition) is 2. The summed E-state index contributed by atoms with van der Waals surface area (Å²) in [4.78, 5) is 7.86. The van der Waals surface area contributed by atoms with Gasteiger partial charge in [0.2, 0.25) is 5.88 Å². The number of nitrogens with one attached hydrogen (secondary N) is 1. The van der Waals surface area contributed by atoms with Crippen LogP contribution >= 0.6 is 22.6 Å². The summed E-state index contributed by atoms with van der Waals surface area (Å²) in [5, 5.41) is 2.95. The molecule has 1 aromatic carbocycles. The van der Waals surface area contributed by atoms with Crippen LogP contribution in [0.15, 0.2) is 24.5 Å². The number of aromatic nitrogens is 2. The topological polar surface area (TPSA) is 73.1 Å². The molecule has 2 rings (SSSR count). The van der Waals surface area contributed by atoms with Gasteiger partial charge in [-0.05, 0) is 34.7 Å². The van der Waals surface area contributed by atoms with Gasteiger partial charge in [0, 0.05) is 0 Å². The van der Waals surface area contributed by atoms with Crippen molar-refractivity contribution in [1.82, 2.24) is 9.97 Å². The summed E-state index contributed by atoms with van der Waals surface area (Å²) < 4.78 is 18.8. The first-order chi connectivity index (χ1) is 8.63. The first kappa shape index (κ1) is 12.8. The van der Waals surface area contributed by atoms with E-state index >= 15 is 0 Å². The summed E-state index contributed by atoms with van der Waals surface area (Å²) in [6.07, 6.45) is 1.32. The molecule has 0 aliphatic rings. The van der Waals surface area contributed by atoms with Crippen LogP contribution in [-0.4, -0.2) is 17.1 Å². The van der Waals surface area contributed by atoms with Crippen LogP contribution in [0.1, 0.15) is 0 Å². The highest BCUT2D eigenvalue weighted by molar-refractivity contribution is 14.1. The number of nitrogen functional groups attached to an aromatic ring is 1. The second-order valence-corrected chi connectivity index (χ2v) is 4.45. The lowest BCUT2D eigenvalue weighted by atomic mass is 10.3. The third-order valence-corrected chi connectivity index (χ3v) is 3.34. The summed E-state index contributed by atoms with van der Waals surface area (Å²) in [6, 6.07) is 4.73. The van der Waals surface area contributed by atoms with E-state index in [2.05, 4.69) is 15.3 Å². The molecule has 3 N–H and O–H groups in total. The number of hydrogen-bond acceptors (Lipinski definition) is 5. The molecule has 18 heavy (non-hydrogen) atoms. The van der Waals surface area contributed by atoms with Crippen molar-refractivity contribution in [2.24, 2.45) is 0 Å². The van der Waals surface area contributed by atoms with E-state index in [0.717, 1.165) is 0 Å². The van der Waals surface area contributed by atoms with Crippen molar-refractivity contribution in [3.05, 3.63) is 33.9 Å². The van der Waals surface area contributed by atoms with Crippen molar-refractivity contribution in [3.8, 4) is 5.88 Å². The Morgan fingerprint density at radius 2 is 2.17 bits per heavy atom. The van der Waals surface area contributed by atoms with Crippen LogP contribution < -0.4 is 15.8 Å². The maximum absolute atomic E-state index is 13.4. The Morgan fingerprint density at radius 1 is 1.39 bits per heavy atom. The minimum Gasteiger partial charge on any atom is -0.479 e. The fourth-order valence-corrected chi connectivity index (χ4v) is 1.86. The Balaban J connectivity index is 2.37. The molecule has 0 saturated heterocycles. The summed E-state index contributed by atoms with van der Waals surface area (Å²) in [7, 11) is 1.47. The Labute approximate surface area is 117 Å². The van der Waals surface area contributed by atoms with Gasteiger partial charge in [0.05, 0.1) is 16.4 Å². The smallest absolute Gasteiger partial charge is 0.242 e. The Bertz CT molecular complexity index is 579. The van der Waals surface area contributed by atoms with Gasteiger partial charge in [-0.25, -0.2) is 9.37 Å². The van der Waals surface area contributed by atoms with E-state index in [0.29, 0.717) is 15.1 Å². The summed E-state index contributed by atoms with van der Waals surface area (Å²) in [6.45, 7) is 0. The Kier molecular flexibility index (Phi) is 3.80. The molecule has 0 fully saturated rings. The lowest BCUT2D eigenvalue weighted by Gasteiger charge is -2.11. The minimum atomic E-state index is -0.305. The van der Waals surface area contributed by atoms with E-state index in [4.69, 9.17) is 10.5 Å². The van der Waals surface area contributed by atoms with Crippen LogP contribution in [0.25, 0.3) is 0 Å². The fraction of sp³-hybridized carbons (Fsp3) is 0.0909. The fourth-order valence-electron chi connectivity index (χ4n) is 1.37. The number of anilines is 3. The average Bonchev–Trinajstić information content (AvgIpc) is 2.37. The highest BCUT2D eigenvalue weighted by Crippen LogP contribution is 2.29. The maximum Gasteiger partial charge on any atom is 0.242 e. The first-order valence-electron chi connectivity index (χ1n) is 4.99. The van der Waals surface area contributed by atoms with Crippen LogP contribution in [0.2, 0.25) is 0 Å². The Hall–Kier alpha value is -1.64.